The van der Waals surface area contributed by atoms with E-state index in [2.05, 4.69) is 32.3 Å². The predicted molar refractivity (Wildman–Crippen MR) is 77.5 cm³/mol. The standard InChI is InChI=1S/C13H14BrN3OS/c1-13(8-15,9-2-3-9)17-11(18)7-19-12-5-4-10(14)6-16-12/h4-6,9H,2-3,7H2,1H3,(H,17,18)/t13-/m0/s1. The Balaban J connectivity index is 1.84. The highest BCUT2D eigenvalue weighted by atomic mass is 79.9. The maximum atomic E-state index is 11.9. The van der Waals surface area contributed by atoms with Crippen LogP contribution in [-0.2, 0) is 4.79 Å². The van der Waals surface area contributed by atoms with E-state index >= 15 is 0 Å². The number of rotatable bonds is 5. The van der Waals surface area contributed by atoms with Gasteiger partial charge in [-0.1, -0.05) is 11.8 Å². The van der Waals surface area contributed by atoms with Crippen molar-refractivity contribution in [2.75, 3.05) is 5.75 Å². The van der Waals surface area contributed by atoms with Crippen LogP contribution in [0.5, 0.6) is 0 Å². The summed E-state index contributed by atoms with van der Waals surface area (Å²) >= 11 is 4.68. The lowest BCUT2D eigenvalue weighted by Gasteiger charge is -2.22. The fraction of sp³-hybridized carbons (Fsp3) is 0.462. The van der Waals surface area contributed by atoms with E-state index in [0.29, 0.717) is 5.92 Å². The number of nitrogens with one attached hydrogen (secondary N) is 1. The van der Waals surface area contributed by atoms with Crippen LogP contribution in [0.3, 0.4) is 0 Å². The second-order valence-electron chi connectivity index (χ2n) is 4.74. The lowest BCUT2D eigenvalue weighted by atomic mass is 9.98. The van der Waals surface area contributed by atoms with Gasteiger partial charge in [-0.25, -0.2) is 4.98 Å². The lowest BCUT2D eigenvalue weighted by molar-refractivity contribution is -0.119. The number of pyridine rings is 1. The largest absolute Gasteiger partial charge is 0.337 e. The molecule has 0 aromatic carbocycles. The van der Waals surface area contributed by atoms with Gasteiger partial charge in [0, 0.05) is 10.7 Å². The van der Waals surface area contributed by atoms with E-state index in [9.17, 15) is 10.1 Å². The number of aromatic nitrogens is 1. The average molecular weight is 340 g/mol. The van der Waals surface area contributed by atoms with Gasteiger partial charge >= 0.3 is 0 Å². The summed E-state index contributed by atoms with van der Waals surface area (Å²) in [6.45, 7) is 1.80. The molecular weight excluding hydrogens is 326 g/mol. The van der Waals surface area contributed by atoms with Gasteiger partial charge in [-0.05, 0) is 53.7 Å². The van der Waals surface area contributed by atoms with Crippen LogP contribution in [0.2, 0.25) is 0 Å². The van der Waals surface area contributed by atoms with E-state index in [1.807, 2.05) is 12.1 Å². The molecule has 1 aliphatic carbocycles. The minimum Gasteiger partial charge on any atom is -0.337 e. The molecule has 4 nitrogen and oxygen atoms in total. The van der Waals surface area contributed by atoms with Crippen molar-refractivity contribution in [1.29, 1.82) is 5.26 Å². The lowest BCUT2D eigenvalue weighted by Crippen LogP contribution is -2.47. The molecule has 6 heteroatoms. The number of hydrogen-bond donors (Lipinski definition) is 1. The molecule has 0 spiro atoms. The van der Waals surface area contributed by atoms with Gasteiger partial charge < -0.3 is 5.32 Å². The summed E-state index contributed by atoms with van der Waals surface area (Å²) in [5, 5.41) is 12.8. The van der Waals surface area contributed by atoms with Crippen LogP contribution < -0.4 is 5.32 Å². The molecule has 1 fully saturated rings. The zero-order valence-electron chi connectivity index (χ0n) is 10.5. The predicted octanol–water partition coefficient (Wildman–Crippen LogP) is 2.74. The Labute approximate surface area is 125 Å². The Morgan fingerprint density at radius 3 is 2.95 bits per heavy atom. The third kappa shape index (κ3) is 3.95. The van der Waals surface area contributed by atoms with Crippen LogP contribution in [0.1, 0.15) is 19.8 Å². The number of nitriles is 1. The molecule has 19 heavy (non-hydrogen) atoms. The van der Waals surface area contributed by atoms with Gasteiger partial charge in [0.25, 0.3) is 0 Å². The highest BCUT2D eigenvalue weighted by molar-refractivity contribution is 9.10. The Bertz CT molecular complexity index is 510. The Hall–Kier alpha value is -1.06. The van der Waals surface area contributed by atoms with Gasteiger partial charge in [-0.2, -0.15) is 5.26 Å². The van der Waals surface area contributed by atoms with E-state index in [1.165, 1.54) is 11.8 Å². The van der Waals surface area contributed by atoms with Crippen molar-refractivity contribution >= 4 is 33.6 Å². The van der Waals surface area contributed by atoms with Gasteiger partial charge in [0.05, 0.1) is 16.8 Å². The van der Waals surface area contributed by atoms with Crippen LogP contribution in [0.15, 0.2) is 27.8 Å². The summed E-state index contributed by atoms with van der Waals surface area (Å²) in [5.74, 6) is 0.460. The van der Waals surface area contributed by atoms with Crippen molar-refractivity contribution < 1.29 is 4.79 Å². The summed E-state index contributed by atoms with van der Waals surface area (Å²) in [6.07, 6.45) is 3.74. The Morgan fingerprint density at radius 1 is 1.68 bits per heavy atom. The van der Waals surface area contributed by atoms with Crippen molar-refractivity contribution in [1.82, 2.24) is 10.3 Å². The van der Waals surface area contributed by atoms with Crippen LogP contribution in [0, 0.1) is 17.2 Å². The van der Waals surface area contributed by atoms with Crippen LogP contribution in [-0.4, -0.2) is 22.2 Å². The van der Waals surface area contributed by atoms with Crippen molar-refractivity contribution in [2.45, 2.75) is 30.3 Å². The first kappa shape index (κ1) is 14.4. The first-order chi connectivity index (χ1) is 9.03. The number of carbonyl (C=O) groups is 1. The van der Waals surface area contributed by atoms with E-state index in [0.717, 1.165) is 22.3 Å². The van der Waals surface area contributed by atoms with Crippen molar-refractivity contribution in [2.24, 2.45) is 5.92 Å². The first-order valence-corrected chi connectivity index (χ1v) is 7.78. The molecule has 1 aliphatic rings. The quantitative estimate of drug-likeness (QED) is 0.837. The fourth-order valence-electron chi connectivity index (χ4n) is 1.79. The second-order valence-corrected chi connectivity index (χ2v) is 6.65. The highest BCUT2D eigenvalue weighted by Gasteiger charge is 2.42. The number of thioether (sulfide) groups is 1. The zero-order valence-corrected chi connectivity index (χ0v) is 12.9. The summed E-state index contributed by atoms with van der Waals surface area (Å²) in [6, 6.07) is 5.95. The number of hydrogen-bond acceptors (Lipinski definition) is 4. The van der Waals surface area contributed by atoms with Crippen molar-refractivity contribution in [3.05, 3.63) is 22.8 Å². The summed E-state index contributed by atoms with van der Waals surface area (Å²) in [5.41, 5.74) is -0.717. The molecule has 1 heterocycles. The molecule has 1 amide bonds. The first-order valence-electron chi connectivity index (χ1n) is 6.00. The third-order valence-electron chi connectivity index (χ3n) is 3.08. The molecule has 0 bridgehead atoms. The monoisotopic (exact) mass is 339 g/mol. The summed E-state index contributed by atoms with van der Waals surface area (Å²) < 4.78 is 0.909. The normalized spacial score (nSPS) is 17.3. The molecule has 0 aliphatic heterocycles. The molecule has 0 saturated heterocycles. The molecule has 2 rings (SSSR count). The molecule has 1 saturated carbocycles. The maximum Gasteiger partial charge on any atom is 0.231 e. The minimum atomic E-state index is -0.717. The van der Waals surface area contributed by atoms with Crippen LogP contribution >= 0.6 is 27.7 Å². The second kappa shape index (κ2) is 5.93. The van der Waals surface area contributed by atoms with Crippen molar-refractivity contribution in [3.8, 4) is 6.07 Å². The fourth-order valence-corrected chi connectivity index (χ4v) is 2.67. The van der Waals surface area contributed by atoms with E-state index < -0.39 is 5.54 Å². The van der Waals surface area contributed by atoms with E-state index in [1.54, 1.807) is 13.1 Å². The zero-order chi connectivity index (χ0) is 13.9. The molecule has 1 aromatic rings. The van der Waals surface area contributed by atoms with Gasteiger partial charge in [-0.3, -0.25) is 4.79 Å². The number of nitrogens with zero attached hydrogens (tertiary/aromatic N) is 2. The molecular formula is C13H14BrN3OS. The topological polar surface area (TPSA) is 65.8 Å². The third-order valence-corrected chi connectivity index (χ3v) is 4.49. The molecule has 1 N–H and O–H groups in total. The number of halogens is 1. The number of carbonyl (C=O) groups excluding carboxylic acids is 1. The van der Waals surface area contributed by atoms with E-state index in [-0.39, 0.29) is 11.7 Å². The SMILES string of the molecule is C[C@@](C#N)(NC(=O)CSc1ccc(Br)cn1)C1CC1. The summed E-state index contributed by atoms with van der Waals surface area (Å²) in [7, 11) is 0. The average Bonchev–Trinajstić information content (AvgIpc) is 3.22. The van der Waals surface area contributed by atoms with Gasteiger partial charge in [-0.15, -0.1) is 0 Å². The minimum absolute atomic E-state index is 0.120. The van der Waals surface area contributed by atoms with E-state index in [4.69, 9.17) is 0 Å². The maximum absolute atomic E-state index is 11.9. The van der Waals surface area contributed by atoms with Crippen LogP contribution in [0.25, 0.3) is 0 Å². The summed E-state index contributed by atoms with van der Waals surface area (Å²) in [4.78, 5) is 16.1. The van der Waals surface area contributed by atoms with Gasteiger partial charge in [0.2, 0.25) is 5.91 Å². The van der Waals surface area contributed by atoms with Gasteiger partial charge in [0.15, 0.2) is 0 Å². The molecule has 100 valence electrons. The Morgan fingerprint density at radius 2 is 2.42 bits per heavy atom. The molecule has 0 unspecified atom stereocenters. The molecule has 0 radical (unpaired) electrons. The molecule has 1 atom stereocenters. The number of amides is 1. The van der Waals surface area contributed by atoms with Gasteiger partial charge in [0.1, 0.15) is 5.54 Å². The Kier molecular flexibility index (Phi) is 4.48. The van der Waals surface area contributed by atoms with Crippen molar-refractivity contribution in [3.63, 3.8) is 0 Å². The highest BCUT2D eigenvalue weighted by Crippen LogP contribution is 2.39. The van der Waals surface area contributed by atoms with Crippen LogP contribution in [0.4, 0.5) is 0 Å². The molecule has 1 aromatic heterocycles. The smallest absolute Gasteiger partial charge is 0.231 e.